The van der Waals surface area contributed by atoms with Gasteiger partial charge in [-0.25, -0.2) is 4.39 Å². The van der Waals surface area contributed by atoms with Crippen molar-refractivity contribution >= 4 is 25.1 Å². The predicted octanol–water partition coefficient (Wildman–Crippen LogP) is 1.78. The van der Waals surface area contributed by atoms with Crippen LogP contribution < -0.4 is 5.32 Å². The number of aromatic nitrogens is 1. The highest BCUT2D eigenvalue weighted by Crippen LogP contribution is 2.18. The Morgan fingerprint density at radius 1 is 1.21 bits per heavy atom. The Morgan fingerprint density at radius 2 is 2.00 bits per heavy atom. The summed E-state index contributed by atoms with van der Waals surface area (Å²) in [5, 5.41) is 2.36. The first-order valence-electron chi connectivity index (χ1n) is 5.39. The fourth-order valence-corrected chi connectivity index (χ4v) is 1.51. The van der Waals surface area contributed by atoms with E-state index in [-0.39, 0.29) is 16.8 Å². The molecule has 2 rings (SSSR count). The van der Waals surface area contributed by atoms with Gasteiger partial charge in [-0.15, -0.1) is 0 Å². The van der Waals surface area contributed by atoms with Gasteiger partial charge in [0.05, 0.1) is 11.3 Å². The van der Waals surface area contributed by atoms with Crippen molar-refractivity contribution in [2.45, 2.75) is 0 Å². The molecule has 6 heteroatoms. The molecule has 2 aromatic rings. The normalized spacial score (nSPS) is 9.95. The van der Waals surface area contributed by atoms with Gasteiger partial charge >= 0.3 is 0 Å². The molecule has 0 saturated carbocycles. The van der Waals surface area contributed by atoms with Crippen LogP contribution in [0.2, 0.25) is 0 Å². The van der Waals surface area contributed by atoms with Gasteiger partial charge < -0.3 is 10.1 Å². The molecule has 0 bridgehead atoms. The zero-order valence-electron chi connectivity index (χ0n) is 9.76. The molecule has 0 aliphatic heterocycles. The number of nitrogens with one attached hydrogen (secondary N) is 1. The lowest BCUT2D eigenvalue weighted by molar-refractivity contribution is 0.102. The van der Waals surface area contributed by atoms with Crippen molar-refractivity contribution in [3.05, 3.63) is 59.7 Å². The second kappa shape index (κ2) is 5.43. The smallest absolute Gasteiger partial charge is 0.257 e. The number of amides is 1. The molecule has 1 amide bonds. The molecule has 1 aromatic carbocycles. The summed E-state index contributed by atoms with van der Waals surface area (Å²) in [5.41, 5.74) is -0.990. The predicted molar refractivity (Wildman–Crippen MR) is 68.7 cm³/mol. The Bertz CT molecular complexity index is 632. The molecule has 0 spiro atoms. The van der Waals surface area contributed by atoms with Crippen LogP contribution in [0.15, 0.2) is 42.7 Å². The van der Waals surface area contributed by atoms with Gasteiger partial charge in [-0.3, -0.25) is 9.78 Å². The SMILES string of the molecule is [B]C(=O)c1cccc(NC(=O)c2cccnc2)c1F. The maximum Gasteiger partial charge on any atom is 0.257 e. The van der Waals surface area contributed by atoms with Crippen LogP contribution in [0.5, 0.6) is 0 Å². The van der Waals surface area contributed by atoms with Crippen molar-refractivity contribution in [3.63, 3.8) is 0 Å². The monoisotopic (exact) mass is 254 g/mol. The summed E-state index contributed by atoms with van der Waals surface area (Å²) < 4.78 is 13.9. The van der Waals surface area contributed by atoms with E-state index in [0.717, 1.165) is 0 Å². The van der Waals surface area contributed by atoms with Crippen LogP contribution >= 0.6 is 0 Å². The Hall–Kier alpha value is -2.50. The van der Waals surface area contributed by atoms with Crippen molar-refractivity contribution < 1.29 is 14.0 Å². The van der Waals surface area contributed by atoms with E-state index in [1.807, 2.05) is 0 Å². The molecule has 0 unspecified atom stereocenters. The summed E-state index contributed by atoms with van der Waals surface area (Å²) in [4.78, 5) is 26.6. The van der Waals surface area contributed by atoms with E-state index in [0.29, 0.717) is 0 Å². The number of carbonyl (C=O) groups excluding carboxylic acids is 2. The van der Waals surface area contributed by atoms with Crippen LogP contribution in [0, 0.1) is 5.82 Å². The van der Waals surface area contributed by atoms with Crippen LogP contribution in [0.3, 0.4) is 0 Å². The molecular formula is C13H8BFN2O2. The van der Waals surface area contributed by atoms with Gasteiger partial charge in [0.2, 0.25) is 0 Å². The number of rotatable bonds is 3. The quantitative estimate of drug-likeness (QED) is 0.849. The number of halogens is 1. The minimum Gasteiger partial charge on any atom is -0.319 e. The maximum absolute atomic E-state index is 13.9. The fourth-order valence-electron chi connectivity index (χ4n) is 1.51. The Morgan fingerprint density at radius 3 is 2.63 bits per heavy atom. The second-order valence-corrected chi connectivity index (χ2v) is 3.73. The number of hydrogen-bond acceptors (Lipinski definition) is 3. The summed E-state index contributed by atoms with van der Waals surface area (Å²) in [6.45, 7) is 0. The molecule has 1 heterocycles. The first-order chi connectivity index (χ1) is 9.09. The van der Waals surface area contributed by atoms with Gasteiger partial charge in [0.25, 0.3) is 5.91 Å². The average Bonchev–Trinajstić information content (AvgIpc) is 2.41. The van der Waals surface area contributed by atoms with Crippen molar-refractivity contribution in [1.82, 2.24) is 4.98 Å². The summed E-state index contributed by atoms with van der Waals surface area (Å²) >= 11 is 0. The zero-order chi connectivity index (χ0) is 13.8. The highest BCUT2D eigenvalue weighted by molar-refractivity contribution is 6.62. The van der Waals surface area contributed by atoms with Crippen molar-refractivity contribution in [2.24, 2.45) is 0 Å². The standard InChI is InChI=1S/C13H8BFN2O2/c14-12(18)9-4-1-5-10(11(9)15)17-13(19)8-3-2-6-16-7-8/h1-7H,(H,17,19). The molecule has 2 radical (unpaired) electrons. The van der Waals surface area contributed by atoms with E-state index in [1.165, 1.54) is 36.7 Å². The van der Waals surface area contributed by atoms with E-state index < -0.39 is 17.4 Å². The third-order valence-electron chi connectivity index (χ3n) is 2.44. The maximum atomic E-state index is 13.9. The lowest BCUT2D eigenvalue weighted by Crippen LogP contribution is -2.14. The van der Waals surface area contributed by atoms with Gasteiger partial charge in [0.1, 0.15) is 5.68 Å². The highest BCUT2D eigenvalue weighted by Gasteiger charge is 2.13. The molecule has 0 aliphatic carbocycles. The van der Waals surface area contributed by atoms with E-state index >= 15 is 0 Å². The van der Waals surface area contributed by atoms with Crippen LogP contribution in [-0.4, -0.2) is 24.4 Å². The third-order valence-corrected chi connectivity index (χ3v) is 2.44. The van der Waals surface area contributed by atoms with Gasteiger partial charge in [0, 0.05) is 18.0 Å². The van der Waals surface area contributed by atoms with E-state index in [2.05, 4.69) is 10.3 Å². The molecule has 0 atom stereocenters. The number of hydrogen-bond donors (Lipinski definition) is 1. The number of anilines is 1. The number of pyridine rings is 1. The van der Waals surface area contributed by atoms with Crippen LogP contribution in [0.1, 0.15) is 20.7 Å². The highest BCUT2D eigenvalue weighted by atomic mass is 19.1. The van der Waals surface area contributed by atoms with Gasteiger partial charge in [0.15, 0.2) is 13.7 Å². The summed E-state index contributed by atoms with van der Waals surface area (Å²) in [6.07, 6.45) is 2.87. The molecule has 0 fully saturated rings. The molecule has 1 N–H and O–H groups in total. The first kappa shape index (κ1) is 12.9. The largest absolute Gasteiger partial charge is 0.319 e. The lowest BCUT2D eigenvalue weighted by atomic mass is 9.94. The van der Waals surface area contributed by atoms with E-state index in [1.54, 1.807) is 6.07 Å². The molecule has 0 aliphatic rings. The molecule has 19 heavy (non-hydrogen) atoms. The van der Waals surface area contributed by atoms with Crippen LogP contribution in [-0.2, 0) is 0 Å². The minimum absolute atomic E-state index is 0.106. The number of carbonyl (C=O) groups is 2. The minimum atomic E-state index is -0.894. The summed E-state index contributed by atoms with van der Waals surface area (Å²) in [7, 11) is 5.02. The Kier molecular flexibility index (Phi) is 3.70. The third kappa shape index (κ3) is 2.85. The summed E-state index contributed by atoms with van der Waals surface area (Å²) in [6, 6.07) is 7.15. The average molecular weight is 254 g/mol. The van der Waals surface area contributed by atoms with Crippen molar-refractivity contribution in [2.75, 3.05) is 5.32 Å². The molecule has 1 aromatic heterocycles. The Balaban J connectivity index is 2.27. The molecule has 0 saturated heterocycles. The van der Waals surface area contributed by atoms with Gasteiger partial charge in [-0.05, 0) is 24.3 Å². The van der Waals surface area contributed by atoms with Gasteiger partial charge in [-0.2, -0.15) is 0 Å². The van der Waals surface area contributed by atoms with E-state index in [9.17, 15) is 14.0 Å². The topological polar surface area (TPSA) is 59.1 Å². The first-order valence-corrected chi connectivity index (χ1v) is 5.39. The number of benzene rings is 1. The summed E-state index contributed by atoms with van der Waals surface area (Å²) in [5.74, 6) is -1.37. The van der Waals surface area contributed by atoms with E-state index in [4.69, 9.17) is 7.85 Å². The lowest BCUT2D eigenvalue weighted by Gasteiger charge is -2.08. The van der Waals surface area contributed by atoms with Crippen molar-refractivity contribution in [3.8, 4) is 0 Å². The molecule has 4 nitrogen and oxygen atoms in total. The fraction of sp³-hybridized carbons (Fsp3) is 0. The van der Waals surface area contributed by atoms with Crippen LogP contribution in [0.4, 0.5) is 10.1 Å². The number of nitrogens with zero attached hydrogens (tertiary/aromatic N) is 1. The zero-order valence-corrected chi connectivity index (χ0v) is 9.76. The second-order valence-electron chi connectivity index (χ2n) is 3.73. The Labute approximate surface area is 110 Å². The molecular weight excluding hydrogens is 246 g/mol. The van der Waals surface area contributed by atoms with Crippen molar-refractivity contribution in [1.29, 1.82) is 0 Å². The van der Waals surface area contributed by atoms with Gasteiger partial charge in [-0.1, -0.05) is 6.07 Å². The molecule has 92 valence electrons. The van der Waals surface area contributed by atoms with Crippen LogP contribution in [0.25, 0.3) is 0 Å².